The van der Waals surface area contributed by atoms with Crippen LogP contribution in [0, 0.1) is 0 Å². The summed E-state index contributed by atoms with van der Waals surface area (Å²) in [6, 6.07) is 14.4. The summed E-state index contributed by atoms with van der Waals surface area (Å²) >= 11 is 0. The van der Waals surface area contributed by atoms with Gasteiger partial charge in [-0.2, -0.15) is 0 Å². The van der Waals surface area contributed by atoms with E-state index in [0.29, 0.717) is 36.7 Å². The monoisotopic (exact) mass is 368 g/mol. The fourth-order valence-corrected chi connectivity index (χ4v) is 3.29. The number of anilines is 1. The molecule has 2 aromatic rings. The highest BCUT2D eigenvalue weighted by Crippen LogP contribution is 2.30. The van der Waals surface area contributed by atoms with Crippen LogP contribution in [0.25, 0.3) is 0 Å². The first-order valence-corrected chi connectivity index (χ1v) is 8.91. The standard InChI is InChI=1S/C21H24N2O4/c1-15-21(25)23(17-12-18(26-2)14-19(13-17)27-3)10-9-22(15)20(24)11-16-7-5-4-6-8-16/h4-8,12-15H,9-11H2,1-3H3. The number of amides is 2. The van der Waals surface area contributed by atoms with Crippen molar-refractivity contribution in [1.82, 2.24) is 4.90 Å². The highest BCUT2D eigenvalue weighted by molar-refractivity contribution is 6.00. The van der Waals surface area contributed by atoms with Gasteiger partial charge in [-0.05, 0) is 12.5 Å². The van der Waals surface area contributed by atoms with Crippen molar-refractivity contribution in [1.29, 1.82) is 0 Å². The zero-order valence-corrected chi connectivity index (χ0v) is 15.8. The summed E-state index contributed by atoms with van der Waals surface area (Å²) in [6.45, 7) is 2.69. The lowest BCUT2D eigenvalue weighted by atomic mass is 10.1. The quantitative estimate of drug-likeness (QED) is 0.814. The number of piperazine rings is 1. The van der Waals surface area contributed by atoms with Gasteiger partial charge in [-0.1, -0.05) is 30.3 Å². The Morgan fingerprint density at radius 1 is 1.04 bits per heavy atom. The molecule has 2 aromatic carbocycles. The molecular formula is C21H24N2O4. The van der Waals surface area contributed by atoms with E-state index >= 15 is 0 Å². The van der Waals surface area contributed by atoms with Gasteiger partial charge in [-0.15, -0.1) is 0 Å². The predicted molar refractivity (Wildman–Crippen MR) is 103 cm³/mol. The number of nitrogens with zero attached hydrogens (tertiary/aromatic N) is 2. The van der Waals surface area contributed by atoms with Crippen LogP contribution in [0.15, 0.2) is 48.5 Å². The van der Waals surface area contributed by atoms with Crippen LogP contribution in [0.1, 0.15) is 12.5 Å². The van der Waals surface area contributed by atoms with Crippen LogP contribution in [0.5, 0.6) is 11.5 Å². The largest absolute Gasteiger partial charge is 0.497 e. The maximum Gasteiger partial charge on any atom is 0.249 e. The van der Waals surface area contributed by atoms with Gasteiger partial charge in [0, 0.05) is 31.3 Å². The Hall–Kier alpha value is -3.02. The molecule has 0 radical (unpaired) electrons. The molecule has 3 rings (SSSR count). The third-order valence-electron chi connectivity index (χ3n) is 4.82. The maximum absolute atomic E-state index is 12.9. The Kier molecular flexibility index (Phi) is 5.64. The van der Waals surface area contributed by atoms with E-state index in [1.165, 1.54) is 0 Å². The summed E-state index contributed by atoms with van der Waals surface area (Å²) in [4.78, 5) is 29.0. The van der Waals surface area contributed by atoms with E-state index in [0.717, 1.165) is 5.56 Å². The van der Waals surface area contributed by atoms with Gasteiger partial charge in [-0.3, -0.25) is 9.59 Å². The van der Waals surface area contributed by atoms with E-state index in [1.54, 1.807) is 49.1 Å². The van der Waals surface area contributed by atoms with Crippen LogP contribution >= 0.6 is 0 Å². The third kappa shape index (κ3) is 4.05. The zero-order chi connectivity index (χ0) is 19.4. The molecule has 0 spiro atoms. The van der Waals surface area contributed by atoms with Crippen LogP contribution in [0.2, 0.25) is 0 Å². The molecule has 1 heterocycles. The summed E-state index contributed by atoms with van der Waals surface area (Å²) in [5.41, 5.74) is 1.65. The summed E-state index contributed by atoms with van der Waals surface area (Å²) in [5.74, 6) is 1.09. The summed E-state index contributed by atoms with van der Waals surface area (Å²) in [7, 11) is 3.15. The van der Waals surface area contributed by atoms with Gasteiger partial charge in [0.25, 0.3) is 0 Å². The van der Waals surface area contributed by atoms with Gasteiger partial charge in [0.15, 0.2) is 0 Å². The Morgan fingerprint density at radius 2 is 1.67 bits per heavy atom. The fraction of sp³-hybridized carbons (Fsp3) is 0.333. The molecule has 1 saturated heterocycles. The highest BCUT2D eigenvalue weighted by Gasteiger charge is 2.35. The van der Waals surface area contributed by atoms with Crippen molar-refractivity contribution >= 4 is 17.5 Å². The maximum atomic E-state index is 12.9. The first kappa shape index (κ1) is 18.8. The zero-order valence-electron chi connectivity index (χ0n) is 15.8. The minimum Gasteiger partial charge on any atom is -0.497 e. The van der Waals surface area contributed by atoms with E-state index in [9.17, 15) is 9.59 Å². The molecule has 6 heteroatoms. The van der Waals surface area contributed by atoms with Crippen molar-refractivity contribution in [2.75, 3.05) is 32.2 Å². The Bertz CT molecular complexity index is 800. The van der Waals surface area contributed by atoms with Gasteiger partial charge < -0.3 is 19.3 Å². The first-order chi connectivity index (χ1) is 13.0. The molecule has 6 nitrogen and oxygen atoms in total. The molecule has 0 N–H and O–H groups in total. The second-order valence-electron chi connectivity index (χ2n) is 6.49. The van der Waals surface area contributed by atoms with Crippen LogP contribution in [-0.4, -0.2) is 50.1 Å². The average molecular weight is 368 g/mol. The van der Waals surface area contributed by atoms with Crippen molar-refractivity contribution in [3.8, 4) is 11.5 Å². The van der Waals surface area contributed by atoms with Crippen LogP contribution in [0.4, 0.5) is 5.69 Å². The van der Waals surface area contributed by atoms with Gasteiger partial charge in [-0.25, -0.2) is 0 Å². The molecule has 0 bridgehead atoms. The molecule has 27 heavy (non-hydrogen) atoms. The fourth-order valence-electron chi connectivity index (χ4n) is 3.29. The molecule has 0 aliphatic carbocycles. The van der Waals surface area contributed by atoms with E-state index in [2.05, 4.69) is 0 Å². The van der Waals surface area contributed by atoms with E-state index in [4.69, 9.17) is 9.47 Å². The van der Waals surface area contributed by atoms with Gasteiger partial charge in [0.05, 0.1) is 26.3 Å². The molecule has 1 unspecified atom stereocenters. The normalized spacial score (nSPS) is 17.0. The van der Waals surface area contributed by atoms with Crippen molar-refractivity contribution < 1.29 is 19.1 Å². The van der Waals surface area contributed by atoms with Crippen LogP contribution < -0.4 is 14.4 Å². The van der Waals surface area contributed by atoms with E-state index in [1.807, 2.05) is 30.3 Å². The lowest BCUT2D eigenvalue weighted by Crippen LogP contribution is -2.58. The average Bonchev–Trinajstić information content (AvgIpc) is 2.70. The Morgan fingerprint density at radius 3 is 2.26 bits per heavy atom. The smallest absolute Gasteiger partial charge is 0.249 e. The topological polar surface area (TPSA) is 59.1 Å². The Balaban J connectivity index is 1.75. The first-order valence-electron chi connectivity index (χ1n) is 8.91. The number of carbonyl (C=O) groups excluding carboxylic acids is 2. The molecule has 1 fully saturated rings. The molecule has 1 aliphatic heterocycles. The van der Waals surface area contributed by atoms with Crippen LogP contribution in [-0.2, 0) is 16.0 Å². The summed E-state index contributed by atoms with van der Waals surface area (Å²) < 4.78 is 10.6. The summed E-state index contributed by atoms with van der Waals surface area (Å²) in [5, 5.41) is 0. The minimum atomic E-state index is -0.521. The second-order valence-corrected chi connectivity index (χ2v) is 6.49. The molecule has 0 saturated carbocycles. The van der Waals surface area contributed by atoms with Crippen molar-refractivity contribution in [2.24, 2.45) is 0 Å². The van der Waals surface area contributed by atoms with E-state index in [-0.39, 0.29) is 11.8 Å². The van der Waals surface area contributed by atoms with Gasteiger partial charge in [0.2, 0.25) is 11.8 Å². The number of hydrogen-bond acceptors (Lipinski definition) is 4. The predicted octanol–water partition coefficient (Wildman–Crippen LogP) is 2.51. The van der Waals surface area contributed by atoms with Gasteiger partial charge >= 0.3 is 0 Å². The molecular weight excluding hydrogens is 344 g/mol. The van der Waals surface area contributed by atoms with Crippen LogP contribution in [0.3, 0.4) is 0 Å². The minimum absolute atomic E-state index is 0.0371. The Labute approximate surface area is 159 Å². The third-order valence-corrected chi connectivity index (χ3v) is 4.82. The number of methoxy groups -OCH3 is 2. The number of rotatable bonds is 5. The molecule has 1 atom stereocenters. The summed E-state index contributed by atoms with van der Waals surface area (Å²) in [6.07, 6.45) is 0.297. The number of carbonyl (C=O) groups is 2. The van der Waals surface area contributed by atoms with Crippen molar-refractivity contribution in [2.45, 2.75) is 19.4 Å². The van der Waals surface area contributed by atoms with E-state index < -0.39 is 6.04 Å². The number of ether oxygens (including phenoxy) is 2. The highest BCUT2D eigenvalue weighted by atomic mass is 16.5. The SMILES string of the molecule is COc1cc(OC)cc(N2CCN(C(=O)Cc3ccccc3)C(C)C2=O)c1. The van der Waals surface area contributed by atoms with Gasteiger partial charge in [0.1, 0.15) is 17.5 Å². The lowest BCUT2D eigenvalue weighted by molar-refractivity contribution is -0.140. The lowest BCUT2D eigenvalue weighted by Gasteiger charge is -2.39. The second kappa shape index (κ2) is 8.12. The molecule has 0 aromatic heterocycles. The number of hydrogen-bond donors (Lipinski definition) is 0. The molecule has 2 amide bonds. The number of benzene rings is 2. The molecule has 142 valence electrons. The molecule has 1 aliphatic rings. The van der Waals surface area contributed by atoms with Crippen molar-refractivity contribution in [3.05, 3.63) is 54.1 Å². The van der Waals surface area contributed by atoms with Crippen molar-refractivity contribution in [3.63, 3.8) is 0 Å².